The Bertz CT molecular complexity index is 1470. The van der Waals surface area contributed by atoms with Gasteiger partial charge in [-0.2, -0.15) is 0 Å². The summed E-state index contributed by atoms with van der Waals surface area (Å²) in [6.45, 7) is 9.83. The van der Waals surface area contributed by atoms with E-state index in [1.807, 2.05) is 64.1 Å². The van der Waals surface area contributed by atoms with Crippen molar-refractivity contribution in [2.75, 3.05) is 6.61 Å². The molecule has 0 aromatic heterocycles. The summed E-state index contributed by atoms with van der Waals surface area (Å²) < 4.78 is 0. The van der Waals surface area contributed by atoms with Gasteiger partial charge in [-0.05, 0) is 72.3 Å². The molecule has 3 amide bonds. The molecule has 0 spiro atoms. The molecule has 0 aliphatic heterocycles. The van der Waals surface area contributed by atoms with Gasteiger partial charge in [0, 0.05) is 5.92 Å². The van der Waals surface area contributed by atoms with Gasteiger partial charge in [0.2, 0.25) is 17.7 Å². The van der Waals surface area contributed by atoms with Crippen molar-refractivity contribution in [2.24, 2.45) is 17.8 Å². The molecular formula is C43H63N3O5. The van der Waals surface area contributed by atoms with E-state index >= 15 is 0 Å². The van der Waals surface area contributed by atoms with E-state index in [1.54, 1.807) is 0 Å². The average Bonchev–Trinajstić information content (AvgIpc) is 3.13. The van der Waals surface area contributed by atoms with Gasteiger partial charge in [-0.15, -0.1) is 0 Å². The molecule has 5 N–H and O–H groups in total. The lowest BCUT2D eigenvalue weighted by Gasteiger charge is -2.29. The van der Waals surface area contributed by atoms with Crippen LogP contribution in [0.15, 0.2) is 72.8 Å². The lowest BCUT2D eigenvalue weighted by molar-refractivity contribution is -0.132. The minimum absolute atomic E-state index is 0.0819. The van der Waals surface area contributed by atoms with Gasteiger partial charge in [0.1, 0.15) is 6.04 Å². The summed E-state index contributed by atoms with van der Waals surface area (Å²) in [6, 6.07) is 23.0. The van der Waals surface area contributed by atoms with E-state index in [0.717, 1.165) is 54.9 Å². The van der Waals surface area contributed by atoms with Crippen LogP contribution in [0.3, 0.4) is 0 Å². The second-order valence-electron chi connectivity index (χ2n) is 14.7. The summed E-state index contributed by atoms with van der Waals surface area (Å²) in [6.07, 6.45) is 6.06. The Morgan fingerprint density at radius 1 is 0.745 bits per heavy atom. The van der Waals surface area contributed by atoms with Gasteiger partial charge in [0.25, 0.3) is 0 Å². The highest BCUT2D eigenvalue weighted by Gasteiger charge is 2.31. The van der Waals surface area contributed by atoms with Crippen LogP contribution in [0.25, 0.3) is 10.8 Å². The van der Waals surface area contributed by atoms with Gasteiger partial charge in [-0.1, -0.05) is 133 Å². The normalized spacial score (nSPS) is 15.1. The minimum Gasteiger partial charge on any atom is -0.394 e. The third-order valence-electron chi connectivity index (χ3n) is 10.1. The number of benzene rings is 3. The molecule has 3 aromatic rings. The van der Waals surface area contributed by atoms with Crippen LogP contribution in [0, 0.1) is 17.8 Å². The fourth-order valence-electron chi connectivity index (χ4n) is 6.75. The first kappa shape index (κ1) is 41.7. The molecule has 51 heavy (non-hydrogen) atoms. The molecule has 8 heteroatoms. The van der Waals surface area contributed by atoms with Crippen LogP contribution in [0.5, 0.6) is 0 Å². The van der Waals surface area contributed by atoms with Crippen LogP contribution in [-0.4, -0.2) is 58.8 Å². The summed E-state index contributed by atoms with van der Waals surface area (Å²) in [7, 11) is 0. The average molecular weight is 702 g/mol. The van der Waals surface area contributed by atoms with Crippen LogP contribution in [0.1, 0.15) is 104 Å². The van der Waals surface area contributed by atoms with Crippen LogP contribution in [0.2, 0.25) is 0 Å². The van der Waals surface area contributed by atoms with E-state index in [4.69, 9.17) is 0 Å². The van der Waals surface area contributed by atoms with Crippen LogP contribution in [-0.2, 0) is 27.2 Å². The Kier molecular flexibility index (Phi) is 18.2. The van der Waals surface area contributed by atoms with Crippen molar-refractivity contribution >= 4 is 28.5 Å². The van der Waals surface area contributed by atoms with Crippen molar-refractivity contribution in [1.82, 2.24) is 16.0 Å². The third kappa shape index (κ3) is 14.1. The van der Waals surface area contributed by atoms with Crippen LogP contribution in [0.4, 0.5) is 0 Å². The van der Waals surface area contributed by atoms with Crippen LogP contribution >= 0.6 is 0 Å². The lowest BCUT2D eigenvalue weighted by atomic mass is 9.89. The topological polar surface area (TPSA) is 128 Å². The summed E-state index contributed by atoms with van der Waals surface area (Å²) in [4.78, 5) is 41.0. The molecule has 0 saturated carbocycles. The van der Waals surface area contributed by atoms with Gasteiger partial charge in [0.15, 0.2) is 0 Å². The Hall–Kier alpha value is -3.75. The number of hydrogen-bond acceptors (Lipinski definition) is 5. The molecule has 8 nitrogen and oxygen atoms in total. The molecule has 3 rings (SSSR count). The van der Waals surface area contributed by atoms with E-state index in [-0.39, 0.29) is 48.5 Å². The van der Waals surface area contributed by atoms with E-state index in [9.17, 15) is 24.6 Å². The molecule has 6 atom stereocenters. The highest BCUT2D eigenvalue weighted by atomic mass is 16.3. The maximum Gasteiger partial charge on any atom is 0.242 e. The maximum atomic E-state index is 14.2. The number of hydrogen-bond donors (Lipinski definition) is 5. The van der Waals surface area contributed by atoms with Crippen molar-refractivity contribution in [2.45, 2.75) is 129 Å². The molecule has 0 heterocycles. The zero-order chi connectivity index (χ0) is 37.2. The summed E-state index contributed by atoms with van der Waals surface area (Å²) >= 11 is 0. The molecule has 0 fully saturated rings. The fraction of sp³-hybridized carbons (Fsp3) is 0.558. The van der Waals surface area contributed by atoms with E-state index < -0.39 is 24.2 Å². The number of aryl methyl sites for hydroxylation is 1. The standard InChI is InChI=1S/C43H63N3O5/c1-6-8-25-37(43(51)46-38(26-30(3)4)40(48)28-41(49)44-39(29-47)31(5)7-2)45-42(50)35(21-13-12-19-32-17-10-9-11-18-32)27-34-23-16-22-33-20-14-15-24-36(33)34/h9-11,14-18,20,22-24,30-31,35,37-40,47-48H,6-8,12-13,19,21,25-29H2,1-5H3,(H,44,49)(H,45,50)(H,46,51)/t31-,35?,37-,38-,39+,40-/m0/s1. The number of nitrogens with one attached hydrogen (secondary N) is 3. The zero-order valence-corrected chi connectivity index (χ0v) is 31.6. The summed E-state index contributed by atoms with van der Waals surface area (Å²) in [5.74, 6) is -0.956. The number of unbranched alkanes of at least 4 members (excludes halogenated alkanes) is 2. The Morgan fingerprint density at radius 2 is 1.45 bits per heavy atom. The number of rotatable bonds is 23. The number of fused-ring (bicyclic) bond motifs is 1. The first-order chi connectivity index (χ1) is 24.6. The molecule has 0 saturated heterocycles. The quantitative estimate of drug-likeness (QED) is 0.0689. The SMILES string of the molecule is CCCC[C@H](NC(=O)C(CCCCc1ccccc1)Cc1cccc2ccccc12)C(=O)N[C@@H](CC(C)C)[C@@H](O)CC(=O)N[C@H](CO)[C@@H](C)CC. The number of amides is 3. The Morgan fingerprint density at radius 3 is 2.14 bits per heavy atom. The first-order valence-electron chi connectivity index (χ1n) is 19.3. The molecule has 0 bridgehead atoms. The number of aliphatic hydroxyl groups is 2. The van der Waals surface area contributed by atoms with Crippen molar-refractivity contribution in [1.29, 1.82) is 0 Å². The van der Waals surface area contributed by atoms with Crippen LogP contribution < -0.4 is 16.0 Å². The van der Waals surface area contributed by atoms with Crippen molar-refractivity contribution in [3.05, 3.63) is 83.9 Å². The first-order valence-corrected chi connectivity index (χ1v) is 19.3. The van der Waals surface area contributed by atoms with Gasteiger partial charge >= 0.3 is 0 Å². The van der Waals surface area contributed by atoms with E-state index in [1.165, 1.54) is 5.56 Å². The van der Waals surface area contributed by atoms with Gasteiger partial charge in [-0.3, -0.25) is 14.4 Å². The molecule has 3 aromatic carbocycles. The number of carbonyl (C=O) groups is 3. The molecular weight excluding hydrogens is 638 g/mol. The molecule has 0 aliphatic carbocycles. The second-order valence-corrected chi connectivity index (χ2v) is 14.7. The Balaban J connectivity index is 1.76. The Labute approximate surface area is 306 Å². The molecule has 280 valence electrons. The molecule has 0 radical (unpaired) electrons. The van der Waals surface area contributed by atoms with Gasteiger partial charge in [-0.25, -0.2) is 0 Å². The smallest absolute Gasteiger partial charge is 0.242 e. The fourth-order valence-corrected chi connectivity index (χ4v) is 6.75. The predicted octanol–water partition coefficient (Wildman–Crippen LogP) is 6.89. The lowest BCUT2D eigenvalue weighted by Crippen LogP contribution is -2.54. The minimum atomic E-state index is -1.13. The highest BCUT2D eigenvalue weighted by molar-refractivity contribution is 5.90. The van der Waals surface area contributed by atoms with Gasteiger partial charge in [0.05, 0.1) is 31.2 Å². The highest BCUT2D eigenvalue weighted by Crippen LogP contribution is 2.25. The number of aliphatic hydroxyl groups excluding tert-OH is 2. The largest absolute Gasteiger partial charge is 0.394 e. The second kappa shape index (κ2) is 22.2. The maximum absolute atomic E-state index is 14.2. The molecule has 1 unspecified atom stereocenters. The predicted molar refractivity (Wildman–Crippen MR) is 207 cm³/mol. The number of carbonyl (C=O) groups excluding carboxylic acids is 3. The van der Waals surface area contributed by atoms with Crippen molar-refractivity contribution < 1.29 is 24.6 Å². The van der Waals surface area contributed by atoms with E-state index in [2.05, 4.69) is 59.3 Å². The van der Waals surface area contributed by atoms with Gasteiger partial charge < -0.3 is 26.2 Å². The zero-order valence-electron chi connectivity index (χ0n) is 31.6. The molecule has 0 aliphatic rings. The monoisotopic (exact) mass is 701 g/mol. The van der Waals surface area contributed by atoms with Crippen molar-refractivity contribution in [3.63, 3.8) is 0 Å². The van der Waals surface area contributed by atoms with Crippen molar-refractivity contribution in [3.8, 4) is 0 Å². The third-order valence-corrected chi connectivity index (χ3v) is 10.1. The van der Waals surface area contributed by atoms with E-state index in [0.29, 0.717) is 25.7 Å². The summed E-state index contributed by atoms with van der Waals surface area (Å²) in [5, 5.41) is 32.2. The summed E-state index contributed by atoms with van der Waals surface area (Å²) in [5.41, 5.74) is 2.39.